The van der Waals surface area contributed by atoms with Gasteiger partial charge in [0.2, 0.25) is 5.91 Å². The number of rotatable bonds is 7. The Labute approximate surface area is 235 Å². The van der Waals surface area contributed by atoms with Crippen molar-refractivity contribution in [3.05, 3.63) is 64.4 Å². The number of hydrogen-bond acceptors (Lipinski definition) is 8. The van der Waals surface area contributed by atoms with Crippen LogP contribution >= 0.6 is 23.1 Å². The topological polar surface area (TPSA) is 125 Å². The Morgan fingerprint density at radius 2 is 2.03 bits per heavy atom. The summed E-state index contributed by atoms with van der Waals surface area (Å²) in [5.74, 6) is -0.366. The van der Waals surface area contributed by atoms with Crippen LogP contribution in [-0.4, -0.2) is 40.2 Å². The molecule has 1 aromatic carbocycles. The Morgan fingerprint density at radius 1 is 1.23 bits per heavy atom. The van der Waals surface area contributed by atoms with Gasteiger partial charge in [0, 0.05) is 22.0 Å². The third-order valence-corrected chi connectivity index (χ3v) is 8.33. The van der Waals surface area contributed by atoms with Crippen LogP contribution in [0.15, 0.2) is 52.0 Å². The van der Waals surface area contributed by atoms with Crippen molar-refractivity contribution in [1.29, 1.82) is 5.26 Å². The molecule has 0 aliphatic carbocycles. The molecular weight excluding hydrogens is 536 g/mol. The SMILES string of the molecule is CCC(Sc1cccc(NC(=O)c2ccco2)c1)C(=O)Nc1sc2c(c1C#N)CCN(C(=O)OC(C)(C)C)C2. The zero-order valence-corrected chi connectivity index (χ0v) is 23.8. The van der Waals surface area contributed by atoms with E-state index in [0.717, 1.165) is 15.3 Å². The van der Waals surface area contributed by atoms with Crippen LogP contribution in [0.1, 0.15) is 60.7 Å². The van der Waals surface area contributed by atoms with Crippen molar-refractivity contribution in [2.45, 2.75) is 62.8 Å². The van der Waals surface area contributed by atoms with Crippen molar-refractivity contribution >= 4 is 51.7 Å². The molecule has 1 atom stereocenters. The normalized spacial score (nSPS) is 13.7. The van der Waals surface area contributed by atoms with Gasteiger partial charge in [-0.2, -0.15) is 5.26 Å². The molecule has 0 spiro atoms. The van der Waals surface area contributed by atoms with Crippen LogP contribution in [0.5, 0.6) is 0 Å². The van der Waals surface area contributed by atoms with E-state index in [1.165, 1.54) is 29.4 Å². The molecule has 3 amide bonds. The summed E-state index contributed by atoms with van der Waals surface area (Å²) in [5, 5.41) is 15.7. The standard InChI is InChI=1S/C28H30N4O5S2/c1-5-22(38-18-9-6-8-17(14-18)30-24(33)21-10-7-13-36-21)25(34)31-26-20(15-29)19-11-12-32(16-23(19)39-26)27(35)37-28(2,3)4/h6-10,13-14,22H,5,11-12,16H2,1-4H3,(H,30,33)(H,31,34). The molecule has 11 heteroatoms. The molecule has 39 heavy (non-hydrogen) atoms. The van der Waals surface area contributed by atoms with Crippen molar-refractivity contribution in [2.75, 3.05) is 17.2 Å². The Balaban J connectivity index is 1.43. The van der Waals surface area contributed by atoms with Crippen LogP contribution in [0, 0.1) is 11.3 Å². The fourth-order valence-electron chi connectivity index (χ4n) is 4.02. The van der Waals surface area contributed by atoms with Gasteiger partial charge in [-0.3, -0.25) is 9.59 Å². The third-order valence-electron chi connectivity index (χ3n) is 5.84. The van der Waals surface area contributed by atoms with Gasteiger partial charge in [-0.25, -0.2) is 4.79 Å². The van der Waals surface area contributed by atoms with Crippen molar-refractivity contribution in [2.24, 2.45) is 0 Å². The van der Waals surface area contributed by atoms with Crippen LogP contribution < -0.4 is 10.6 Å². The number of thioether (sulfide) groups is 1. The lowest BCUT2D eigenvalue weighted by Crippen LogP contribution is -2.39. The number of carbonyl (C=O) groups is 3. The molecule has 204 valence electrons. The van der Waals surface area contributed by atoms with E-state index >= 15 is 0 Å². The first-order valence-electron chi connectivity index (χ1n) is 12.5. The number of anilines is 2. The summed E-state index contributed by atoms with van der Waals surface area (Å²) in [7, 11) is 0. The van der Waals surface area contributed by atoms with Gasteiger partial charge in [-0.1, -0.05) is 13.0 Å². The highest BCUT2D eigenvalue weighted by Crippen LogP contribution is 2.38. The molecule has 1 aliphatic rings. The highest BCUT2D eigenvalue weighted by Gasteiger charge is 2.31. The van der Waals surface area contributed by atoms with Crippen molar-refractivity contribution in [3.63, 3.8) is 0 Å². The van der Waals surface area contributed by atoms with E-state index in [0.29, 0.717) is 42.2 Å². The van der Waals surface area contributed by atoms with Gasteiger partial charge in [0.05, 0.1) is 23.6 Å². The number of hydrogen-bond donors (Lipinski definition) is 2. The molecule has 0 saturated carbocycles. The maximum atomic E-state index is 13.3. The summed E-state index contributed by atoms with van der Waals surface area (Å²) in [5.41, 5.74) is 1.32. The number of fused-ring (bicyclic) bond motifs is 1. The fourth-order valence-corrected chi connectivity index (χ4v) is 6.25. The number of benzene rings is 1. The Hall–Kier alpha value is -3.75. The van der Waals surface area contributed by atoms with Crippen LogP contribution in [0.2, 0.25) is 0 Å². The summed E-state index contributed by atoms with van der Waals surface area (Å²) in [6, 6.07) is 12.7. The smallest absolute Gasteiger partial charge is 0.410 e. The number of nitrogens with one attached hydrogen (secondary N) is 2. The maximum absolute atomic E-state index is 13.3. The molecule has 2 N–H and O–H groups in total. The highest BCUT2D eigenvalue weighted by molar-refractivity contribution is 8.00. The van der Waals surface area contributed by atoms with Crippen LogP contribution in [-0.2, 0) is 22.5 Å². The van der Waals surface area contributed by atoms with Crippen LogP contribution in [0.4, 0.5) is 15.5 Å². The molecule has 4 rings (SSSR count). The number of thiophene rings is 1. The quantitative estimate of drug-likeness (QED) is 0.323. The second kappa shape index (κ2) is 12.0. The van der Waals surface area contributed by atoms with Crippen molar-refractivity contribution < 1.29 is 23.5 Å². The number of furan rings is 1. The summed E-state index contributed by atoms with van der Waals surface area (Å²) < 4.78 is 10.6. The first-order chi connectivity index (χ1) is 18.6. The molecule has 0 bridgehead atoms. The average molecular weight is 567 g/mol. The molecule has 0 saturated heterocycles. The molecule has 1 aliphatic heterocycles. The van der Waals surface area contributed by atoms with Crippen molar-refractivity contribution in [3.8, 4) is 6.07 Å². The van der Waals surface area contributed by atoms with E-state index in [-0.39, 0.29) is 17.6 Å². The number of amides is 3. The average Bonchev–Trinajstić information content (AvgIpc) is 3.54. The predicted molar refractivity (Wildman–Crippen MR) is 151 cm³/mol. The minimum absolute atomic E-state index is 0.208. The minimum Gasteiger partial charge on any atom is -0.459 e. The molecule has 9 nitrogen and oxygen atoms in total. The van der Waals surface area contributed by atoms with E-state index < -0.39 is 16.9 Å². The van der Waals surface area contributed by atoms with Gasteiger partial charge in [0.25, 0.3) is 5.91 Å². The van der Waals surface area contributed by atoms with Crippen LogP contribution in [0.3, 0.4) is 0 Å². The largest absolute Gasteiger partial charge is 0.459 e. The van der Waals surface area contributed by atoms with Crippen molar-refractivity contribution in [1.82, 2.24) is 4.90 Å². The number of carbonyl (C=O) groups excluding carboxylic acids is 3. The Bertz CT molecular complexity index is 1400. The summed E-state index contributed by atoms with van der Waals surface area (Å²) in [6.45, 7) is 8.17. The zero-order valence-electron chi connectivity index (χ0n) is 22.2. The molecule has 2 aromatic heterocycles. The third kappa shape index (κ3) is 7.02. The molecular formula is C28H30N4O5S2. The van der Waals surface area contributed by atoms with Gasteiger partial charge in [-0.05, 0) is 69.5 Å². The van der Waals surface area contributed by atoms with Gasteiger partial charge in [-0.15, -0.1) is 23.1 Å². The minimum atomic E-state index is -0.596. The number of nitrogens with zero attached hydrogens (tertiary/aromatic N) is 2. The second-order valence-electron chi connectivity index (χ2n) is 9.93. The van der Waals surface area contributed by atoms with Gasteiger partial charge in [0.15, 0.2) is 5.76 Å². The molecule has 0 fully saturated rings. The van der Waals surface area contributed by atoms with Gasteiger partial charge < -0.3 is 24.7 Å². The zero-order chi connectivity index (χ0) is 28.2. The first kappa shape index (κ1) is 28.3. The molecule has 0 radical (unpaired) electrons. The maximum Gasteiger partial charge on any atom is 0.410 e. The van der Waals surface area contributed by atoms with Gasteiger partial charge in [0.1, 0.15) is 16.7 Å². The van der Waals surface area contributed by atoms with Gasteiger partial charge >= 0.3 is 6.09 Å². The second-order valence-corrected chi connectivity index (χ2v) is 12.3. The van der Waals surface area contributed by atoms with E-state index in [2.05, 4.69) is 16.7 Å². The lowest BCUT2D eigenvalue weighted by Gasteiger charge is -2.29. The monoisotopic (exact) mass is 566 g/mol. The highest BCUT2D eigenvalue weighted by atomic mass is 32.2. The molecule has 3 heterocycles. The predicted octanol–water partition coefficient (Wildman–Crippen LogP) is 6.27. The van der Waals surface area contributed by atoms with E-state index in [9.17, 15) is 19.6 Å². The number of ether oxygens (including phenoxy) is 1. The Kier molecular flexibility index (Phi) is 8.67. The summed E-state index contributed by atoms with van der Waals surface area (Å²) >= 11 is 2.70. The molecule has 1 unspecified atom stereocenters. The summed E-state index contributed by atoms with van der Waals surface area (Å²) in [6.07, 6.45) is 2.12. The Morgan fingerprint density at radius 3 is 2.69 bits per heavy atom. The summed E-state index contributed by atoms with van der Waals surface area (Å²) in [4.78, 5) is 41.4. The first-order valence-corrected chi connectivity index (χ1v) is 14.2. The molecule has 3 aromatic rings. The van der Waals surface area contributed by atoms with Crippen LogP contribution in [0.25, 0.3) is 0 Å². The lowest BCUT2D eigenvalue weighted by atomic mass is 10.0. The lowest BCUT2D eigenvalue weighted by molar-refractivity contribution is -0.115. The van der Waals surface area contributed by atoms with E-state index in [1.807, 2.05) is 39.8 Å². The van der Waals surface area contributed by atoms with E-state index in [1.54, 1.807) is 29.2 Å². The van der Waals surface area contributed by atoms with E-state index in [4.69, 9.17) is 9.15 Å². The number of nitriles is 1. The fraction of sp³-hybridized carbons (Fsp3) is 0.357.